The van der Waals surface area contributed by atoms with Crippen molar-refractivity contribution >= 4 is 70.5 Å². The molecule has 0 atom stereocenters. The van der Waals surface area contributed by atoms with Gasteiger partial charge in [-0.05, 0) is 62.8 Å². The number of ether oxygens (including phenoxy) is 2. The average molecular weight is 1130 g/mol. The number of hydrogen-bond donors (Lipinski definition) is 1. The molecule has 1 aliphatic heterocycles. The molecular weight excluding hydrogens is 1080 g/mol. The fourth-order valence-electron chi connectivity index (χ4n) is 5.62. The van der Waals surface area contributed by atoms with Crippen LogP contribution in [0.2, 0.25) is 0 Å². The Kier molecular flexibility index (Phi) is 29.9. The van der Waals surface area contributed by atoms with Crippen LogP contribution in [0.25, 0.3) is 0 Å². The van der Waals surface area contributed by atoms with E-state index in [9.17, 15) is 28.8 Å². The Labute approximate surface area is 388 Å². The average Bonchev–Trinajstić information content (AvgIpc) is 3.01. The van der Waals surface area contributed by atoms with E-state index in [1.54, 1.807) is 49.3 Å². The molecule has 11 nitrogen and oxygen atoms in total. The fraction of sp³-hybridized carbons (Fsp3) is 0.385. The van der Waals surface area contributed by atoms with Gasteiger partial charge in [-0.25, -0.2) is 0 Å². The minimum atomic E-state index is -0.611. The third-order valence-electron chi connectivity index (χ3n) is 7.34. The molecule has 4 aromatic rings. The Bertz CT molecular complexity index is 1570. The molecular formula is C39H48BaO11S2U-6. The van der Waals surface area contributed by atoms with Gasteiger partial charge in [0.05, 0.1) is 26.4 Å². The Morgan fingerprint density at radius 1 is 0.463 bits per heavy atom. The summed E-state index contributed by atoms with van der Waals surface area (Å²) in [6, 6.07) is 14.4. The number of rotatable bonds is 0. The summed E-state index contributed by atoms with van der Waals surface area (Å²) in [7, 11) is -0.222. The van der Waals surface area contributed by atoms with Crippen molar-refractivity contribution in [3.8, 4) is 23.0 Å². The molecule has 0 saturated carbocycles. The van der Waals surface area contributed by atoms with E-state index < -0.39 is 21.6 Å². The van der Waals surface area contributed by atoms with Crippen molar-refractivity contribution in [3.05, 3.63) is 115 Å². The van der Waals surface area contributed by atoms with Crippen LogP contribution in [-0.2, 0) is 81.3 Å². The van der Waals surface area contributed by atoms with Gasteiger partial charge in [0.1, 0.15) is 0 Å². The van der Waals surface area contributed by atoms with E-state index in [2.05, 4.69) is 0 Å². The summed E-state index contributed by atoms with van der Waals surface area (Å²) in [5.74, 6) is -0.656. The van der Waals surface area contributed by atoms with Gasteiger partial charge in [-0.1, -0.05) is 116 Å². The minimum absolute atomic E-state index is 0. The number of hydrogen-bond acceptors (Lipinski definition) is 9. The number of aliphatic hydroxyl groups excluding tert-OH is 1. The molecule has 5 rings (SSSR count). The van der Waals surface area contributed by atoms with Crippen LogP contribution in [0.1, 0.15) is 66.8 Å². The first kappa shape index (κ1) is 57.1. The quantitative estimate of drug-likeness (QED) is 0.255. The first-order valence-electron chi connectivity index (χ1n) is 15.8. The van der Waals surface area contributed by atoms with Gasteiger partial charge in [0.15, 0.2) is 0 Å². The zero-order valence-electron chi connectivity index (χ0n) is 32.4. The van der Waals surface area contributed by atoms with Crippen LogP contribution in [0.4, 0.5) is 0 Å². The van der Waals surface area contributed by atoms with Crippen LogP contribution in [-0.4, -0.2) is 94.5 Å². The molecule has 54 heavy (non-hydrogen) atoms. The number of aliphatic hydroxyl groups is 1. The van der Waals surface area contributed by atoms with Crippen LogP contribution in [0.15, 0.2) is 48.5 Å². The molecule has 1 aliphatic rings. The van der Waals surface area contributed by atoms with Crippen LogP contribution in [0, 0.1) is 58.8 Å². The third kappa shape index (κ3) is 18.4. The summed E-state index contributed by atoms with van der Waals surface area (Å²) >= 11 is 0. The van der Waals surface area contributed by atoms with E-state index in [-0.39, 0.29) is 153 Å². The molecule has 0 saturated heterocycles. The smallest absolute Gasteiger partial charge is 2.00 e. The monoisotopic (exact) mass is 1130 g/mol. The van der Waals surface area contributed by atoms with Crippen molar-refractivity contribution in [1.29, 1.82) is 0 Å². The maximum Gasteiger partial charge on any atom is 2.00 e. The second-order valence-electron chi connectivity index (χ2n) is 12.5. The van der Waals surface area contributed by atoms with Crippen molar-refractivity contribution in [2.24, 2.45) is 0 Å². The van der Waals surface area contributed by atoms with Crippen molar-refractivity contribution in [2.45, 2.75) is 67.0 Å². The summed E-state index contributed by atoms with van der Waals surface area (Å²) in [4.78, 5) is 0. The zero-order chi connectivity index (χ0) is 37.7. The van der Waals surface area contributed by atoms with Crippen molar-refractivity contribution in [2.75, 3.05) is 32.1 Å². The van der Waals surface area contributed by atoms with Gasteiger partial charge in [0.2, 0.25) is 0 Å². The standard InChI is InChI=1S/C34H36O6.2C2H6OS.CH4O.Ba.2O.U/c1-19-5-23-13-24-6-20(2)10-29(32(24)36)17-40-18-30-12-22(4)8-26(34(30)38)14-25-7-21(3)11-28(33(25)37)16-39-15-27(9-19)31(23)35;2*1-4(2)3;1-2;;;;/h5-12,35-38H,13-18H2,1-4H3;2*1-2H3;2H,1H3;;;;/q;;;;+2;2*-2;/p-4. The molecule has 0 unspecified atom stereocenters. The van der Waals surface area contributed by atoms with Gasteiger partial charge in [0.25, 0.3) is 0 Å². The van der Waals surface area contributed by atoms with Gasteiger partial charge in [-0.15, -0.1) is 0 Å². The van der Waals surface area contributed by atoms with Crippen molar-refractivity contribution in [1.82, 2.24) is 0 Å². The Hall–Kier alpha value is -1.20. The van der Waals surface area contributed by atoms with E-state index in [4.69, 9.17) is 14.6 Å². The van der Waals surface area contributed by atoms with Gasteiger partial charge in [0, 0.05) is 84.8 Å². The fourth-order valence-corrected chi connectivity index (χ4v) is 5.62. The van der Waals surface area contributed by atoms with E-state index in [1.807, 2.05) is 52.0 Å². The summed E-state index contributed by atoms with van der Waals surface area (Å²) in [5, 5.41) is 60.4. The maximum atomic E-state index is 13.3. The molecule has 0 fully saturated rings. The number of fused-ring (bicyclic) bond motifs is 8. The first-order valence-corrected chi connectivity index (χ1v) is 19.8. The van der Waals surface area contributed by atoms with Gasteiger partial charge in [-0.2, -0.15) is 0 Å². The van der Waals surface area contributed by atoms with Crippen molar-refractivity contribution in [3.63, 3.8) is 0 Å². The molecule has 0 spiro atoms. The minimum Gasteiger partial charge on any atom is -2.00 e. The van der Waals surface area contributed by atoms with Crippen molar-refractivity contribution < 1.29 is 85.5 Å². The van der Waals surface area contributed by atoms with Gasteiger partial charge < -0.3 is 46.0 Å². The van der Waals surface area contributed by atoms with E-state index in [0.29, 0.717) is 44.5 Å². The molecule has 0 aromatic heterocycles. The van der Waals surface area contributed by atoms with E-state index in [1.165, 1.54) is 0 Å². The molecule has 1 N–H and O–H groups in total. The topological polar surface area (TPSA) is 222 Å². The predicted octanol–water partition coefficient (Wildman–Crippen LogP) is 3.12. The second-order valence-corrected chi connectivity index (χ2v) is 15.4. The van der Waals surface area contributed by atoms with Crippen LogP contribution >= 0.6 is 0 Å². The molecule has 1 heterocycles. The van der Waals surface area contributed by atoms with Crippen LogP contribution < -0.4 is 20.4 Å². The summed E-state index contributed by atoms with van der Waals surface area (Å²) < 4.78 is 30.9. The SMILES string of the molecule is CO.CS(C)=O.CS(C)=O.Cc1cc2c([O-])c(c1)Cc1cc(C)cc(c1[O-])COCc1cc(C)cc(c1[O-])Cc1cc(C)cc(c1[O-])COC2.[Ba+2].[O-2].[O-2].[U]. The molecule has 0 radical (unpaired) electrons. The van der Waals surface area contributed by atoms with Crippen LogP contribution in [0.3, 0.4) is 0 Å². The molecule has 8 bridgehead atoms. The molecule has 4 aromatic carbocycles. The number of benzene rings is 4. The van der Waals surface area contributed by atoms with Crippen LogP contribution in [0.5, 0.6) is 23.0 Å². The Morgan fingerprint density at radius 3 is 0.778 bits per heavy atom. The first-order chi connectivity index (χ1) is 23.5. The van der Waals surface area contributed by atoms with Gasteiger partial charge in [-0.3, -0.25) is 8.42 Å². The predicted molar refractivity (Wildman–Crippen MR) is 200 cm³/mol. The third-order valence-corrected chi connectivity index (χ3v) is 7.34. The summed E-state index contributed by atoms with van der Waals surface area (Å²) in [5.41, 5.74) is 7.60. The number of aryl methyl sites for hydroxylation is 4. The second kappa shape index (κ2) is 28.2. The molecule has 294 valence electrons. The molecule has 0 amide bonds. The molecule has 15 heteroatoms. The van der Waals surface area contributed by atoms with E-state index >= 15 is 0 Å². The Morgan fingerprint density at radius 2 is 0.611 bits per heavy atom. The summed E-state index contributed by atoms with van der Waals surface area (Å²) in [6.45, 7) is 7.78. The Balaban J connectivity index is -0.00000167. The summed E-state index contributed by atoms with van der Waals surface area (Å²) in [6.07, 6.45) is 6.94. The molecule has 0 aliphatic carbocycles. The normalized spacial score (nSPS) is 11.9. The largest absolute Gasteiger partial charge is 2.00 e. The van der Waals surface area contributed by atoms with E-state index in [0.717, 1.165) is 29.4 Å². The van der Waals surface area contributed by atoms with Gasteiger partial charge >= 0.3 is 48.9 Å². The zero-order valence-corrected chi connectivity index (χ0v) is 42.7. The maximum absolute atomic E-state index is 13.3.